The molecule has 0 fully saturated rings. The summed E-state index contributed by atoms with van der Waals surface area (Å²) in [5.74, 6) is -0.00831. The molecule has 0 aliphatic carbocycles. The van der Waals surface area contributed by atoms with E-state index in [0.29, 0.717) is 6.54 Å². The first-order valence-corrected chi connectivity index (χ1v) is 7.48. The van der Waals surface area contributed by atoms with Crippen LogP contribution in [0.2, 0.25) is 0 Å². The monoisotopic (exact) mass is 285 g/mol. The van der Waals surface area contributed by atoms with E-state index >= 15 is 0 Å². The second-order valence-electron chi connectivity index (χ2n) is 5.31. The molecule has 1 aromatic carbocycles. The van der Waals surface area contributed by atoms with Crippen molar-refractivity contribution in [3.63, 3.8) is 0 Å². The van der Waals surface area contributed by atoms with Gasteiger partial charge < -0.3 is 5.32 Å². The summed E-state index contributed by atoms with van der Waals surface area (Å²) in [5, 5.41) is 7.36. The molecule has 4 heteroatoms. The van der Waals surface area contributed by atoms with Gasteiger partial charge in [-0.2, -0.15) is 5.10 Å². The molecule has 0 atom stereocenters. The third kappa shape index (κ3) is 4.18. The Kier molecular flexibility index (Phi) is 5.14. The first-order valence-electron chi connectivity index (χ1n) is 7.48. The summed E-state index contributed by atoms with van der Waals surface area (Å²) in [4.78, 5) is 12.0. The lowest BCUT2D eigenvalue weighted by molar-refractivity contribution is 0.0952. The number of aromatic nitrogens is 2. The van der Waals surface area contributed by atoms with Crippen molar-refractivity contribution in [2.24, 2.45) is 0 Å². The van der Waals surface area contributed by atoms with E-state index in [0.717, 1.165) is 36.3 Å². The lowest BCUT2D eigenvalue weighted by Gasteiger charge is -2.07. The second kappa shape index (κ2) is 7.07. The Balaban J connectivity index is 1.77. The predicted octanol–water partition coefficient (Wildman–Crippen LogP) is 2.88. The largest absolute Gasteiger partial charge is 0.352 e. The summed E-state index contributed by atoms with van der Waals surface area (Å²) in [6.45, 7) is 7.63. The maximum atomic E-state index is 12.0. The smallest absolute Gasteiger partial charge is 0.251 e. The number of aryl methyl sites for hydroxylation is 4. The number of nitrogens with one attached hydrogen (secondary N) is 1. The van der Waals surface area contributed by atoms with E-state index in [1.54, 1.807) is 0 Å². The van der Waals surface area contributed by atoms with Gasteiger partial charge in [0, 0.05) is 24.3 Å². The van der Waals surface area contributed by atoms with Crippen molar-refractivity contribution in [1.29, 1.82) is 0 Å². The van der Waals surface area contributed by atoms with Crippen molar-refractivity contribution < 1.29 is 4.79 Å². The minimum atomic E-state index is -0.00831. The zero-order valence-corrected chi connectivity index (χ0v) is 13.0. The van der Waals surface area contributed by atoms with Crippen molar-refractivity contribution in [3.05, 3.63) is 52.8 Å². The molecule has 2 rings (SSSR count). The molecule has 1 N–H and O–H groups in total. The summed E-state index contributed by atoms with van der Waals surface area (Å²) in [7, 11) is 0. The van der Waals surface area contributed by atoms with E-state index in [1.807, 2.05) is 42.8 Å². The van der Waals surface area contributed by atoms with Crippen LogP contribution in [0.25, 0.3) is 0 Å². The fourth-order valence-electron chi connectivity index (χ4n) is 2.33. The molecule has 0 saturated heterocycles. The van der Waals surface area contributed by atoms with Gasteiger partial charge in [0.25, 0.3) is 5.91 Å². The number of carbonyl (C=O) groups is 1. The van der Waals surface area contributed by atoms with Crippen LogP contribution in [0.4, 0.5) is 0 Å². The van der Waals surface area contributed by atoms with Gasteiger partial charge in [-0.1, -0.05) is 19.1 Å². The first-order chi connectivity index (χ1) is 10.1. The number of amides is 1. The summed E-state index contributed by atoms with van der Waals surface area (Å²) in [6.07, 6.45) is 1.87. The highest BCUT2D eigenvalue weighted by Gasteiger charge is 2.05. The van der Waals surface area contributed by atoms with Gasteiger partial charge in [0.2, 0.25) is 0 Å². The molecule has 1 heterocycles. The van der Waals surface area contributed by atoms with Gasteiger partial charge in [-0.15, -0.1) is 0 Å². The third-order valence-corrected chi connectivity index (χ3v) is 3.56. The van der Waals surface area contributed by atoms with Crippen LogP contribution in [-0.2, 0) is 13.0 Å². The van der Waals surface area contributed by atoms with Crippen LogP contribution in [0.3, 0.4) is 0 Å². The molecule has 2 aromatic rings. The Morgan fingerprint density at radius 3 is 2.52 bits per heavy atom. The number of nitrogens with zero attached hydrogens (tertiary/aromatic N) is 2. The highest BCUT2D eigenvalue weighted by Crippen LogP contribution is 2.05. The third-order valence-electron chi connectivity index (χ3n) is 3.56. The van der Waals surface area contributed by atoms with Crippen molar-refractivity contribution in [2.75, 3.05) is 6.54 Å². The SMILES string of the molecule is CCc1ccc(C(=O)NCCCn2nc(C)cc2C)cc1. The average Bonchev–Trinajstić information content (AvgIpc) is 2.81. The number of hydrogen-bond acceptors (Lipinski definition) is 2. The van der Waals surface area contributed by atoms with Crippen molar-refractivity contribution in [2.45, 2.75) is 40.2 Å². The van der Waals surface area contributed by atoms with E-state index < -0.39 is 0 Å². The Morgan fingerprint density at radius 1 is 1.24 bits per heavy atom. The van der Waals surface area contributed by atoms with Crippen molar-refractivity contribution in [3.8, 4) is 0 Å². The standard InChI is InChI=1S/C17H23N3O/c1-4-15-6-8-16(9-7-15)17(21)18-10-5-11-20-14(3)12-13(2)19-20/h6-9,12H,4-5,10-11H2,1-3H3,(H,18,21). The van der Waals surface area contributed by atoms with Crippen LogP contribution < -0.4 is 5.32 Å². The molecule has 0 bridgehead atoms. The topological polar surface area (TPSA) is 46.9 Å². The van der Waals surface area contributed by atoms with E-state index in [2.05, 4.69) is 23.4 Å². The fourth-order valence-corrected chi connectivity index (χ4v) is 2.33. The Hall–Kier alpha value is -2.10. The molecule has 21 heavy (non-hydrogen) atoms. The van der Waals surface area contributed by atoms with Gasteiger partial charge >= 0.3 is 0 Å². The van der Waals surface area contributed by atoms with Gasteiger partial charge in [0.1, 0.15) is 0 Å². The highest BCUT2D eigenvalue weighted by atomic mass is 16.1. The summed E-state index contributed by atoms with van der Waals surface area (Å²) >= 11 is 0. The van der Waals surface area contributed by atoms with Crippen LogP contribution in [0.15, 0.2) is 30.3 Å². The summed E-state index contributed by atoms with van der Waals surface area (Å²) in [5.41, 5.74) is 4.16. The van der Waals surface area contributed by atoms with Gasteiger partial charge in [-0.05, 0) is 50.5 Å². The van der Waals surface area contributed by atoms with Crippen molar-refractivity contribution >= 4 is 5.91 Å². The van der Waals surface area contributed by atoms with Crippen molar-refractivity contribution in [1.82, 2.24) is 15.1 Å². The summed E-state index contributed by atoms with van der Waals surface area (Å²) < 4.78 is 1.98. The summed E-state index contributed by atoms with van der Waals surface area (Å²) in [6, 6.07) is 9.84. The van der Waals surface area contributed by atoms with Crippen LogP contribution in [0.5, 0.6) is 0 Å². The van der Waals surface area contributed by atoms with Gasteiger partial charge in [-0.25, -0.2) is 0 Å². The molecule has 0 unspecified atom stereocenters. The molecule has 0 spiro atoms. The zero-order chi connectivity index (χ0) is 15.2. The van der Waals surface area contributed by atoms with Crippen LogP contribution >= 0.6 is 0 Å². The maximum absolute atomic E-state index is 12.0. The molecule has 112 valence electrons. The van der Waals surface area contributed by atoms with Gasteiger partial charge in [0.15, 0.2) is 0 Å². The number of rotatable bonds is 6. The van der Waals surface area contributed by atoms with Crippen LogP contribution in [0, 0.1) is 13.8 Å². The predicted molar refractivity (Wildman–Crippen MR) is 84.5 cm³/mol. The molecule has 1 amide bonds. The lowest BCUT2D eigenvalue weighted by Crippen LogP contribution is -2.25. The quantitative estimate of drug-likeness (QED) is 0.830. The fraction of sp³-hybridized carbons (Fsp3) is 0.412. The number of benzene rings is 1. The molecule has 0 saturated carbocycles. The molecule has 0 aliphatic heterocycles. The van der Waals surface area contributed by atoms with E-state index in [1.165, 1.54) is 5.56 Å². The Labute approximate surface area is 126 Å². The minimum absolute atomic E-state index is 0.00831. The molecule has 1 aromatic heterocycles. The molecule has 0 aliphatic rings. The Bertz CT molecular complexity index is 599. The zero-order valence-electron chi connectivity index (χ0n) is 13.0. The minimum Gasteiger partial charge on any atom is -0.352 e. The average molecular weight is 285 g/mol. The maximum Gasteiger partial charge on any atom is 0.251 e. The van der Waals surface area contributed by atoms with Crippen LogP contribution in [0.1, 0.15) is 40.7 Å². The van der Waals surface area contributed by atoms with E-state index in [9.17, 15) is 4.79 Å². The van der Waals surface area contributed by atoms with E-state index in [4.69, 9.17) is 0 Å². The van der Waals surface area contributed by atoms with Gasteiger partial charge in [0.05, 0.1) is 5.69 Å². The first kappa shape index (κ1) is 15.3. The molecule has 0 radical (unpaired) electrons. The van der Waals surface area contributed by atoms with Crippen LogP contribution in [-0.4, -0.2) is 22.2 Å². The Morgan fingerprint density at radius 2 is 1.95 bits per heavy atom. The molecular weight excluding hydrogens is 262 g/mol. The van der Waals surface area contributed by atoms with Gasteiger partial charge in [-0.3, -0.25) is 9.48 Å². The lowest BCUT2D eigenvalue weighted by atomic mass is 10.1. The second-order valence-corrected chi connectivity index (χ2v) is 5.31. The normalized spacial score (nSPS) is 10.6. The van der Waals surface area contributed by atoms with E-state index in [-0.39, 0.29) is 5.91 Å². The number of carbonyl (C=O) groups excluding carboxylic acids is 1. The highest BCUT2D eigenvalue weighted by molar-refractivity contribution is 5.94. The molecular formula is C17H23N3O. The molecule has 4 nitrogen and oxygen atoms in total. The number of hydrogen-bond donors (Lipinski definition) is 1.